The van der Waals surface area contributed by atoms with Gasteiger partial charge in [0.15, 0.2) is 0 Å². The van der Waals surface area contributed by atoms with Gasteiger partial charge < -0.3 is 25.6 Å². The second-order valence-corrected chi connectivity index (χ2v) is 6.66. The molecule has 2 atom stereocenters. The number of carbonyl (C=O) groups is 1. The average Bonchev–Trinajstić information content (AvgIpc) is 2.78. The van der Waals surface area contributed by atoms with Crippen molar-refractivity contribution in [1.29, 1.82) is 0 Å². The van der Waals surface area contributed by atoms with Gasteiger partial charge in [-0.05, 0) is 51.0 Å². The molecule has 0 aromatic heterocycles. The van der Waals surface area contributed by atoms with Gasteiger partial charge in [0, 0.05) is 24.4 Å². The Morgan fingerprint density at radius 2 is 2.17 bits per heavy atom. The van der Waals surface area contributed by atoms with Crippen molar-refractivity contribution in [1.82, 2.24) is 5.32 Å². The Bertz CT molecular complexity index is 560. The Hall–Kier alpha value is -1.63. The molecule has 1 amide bonds. The molecule has 2 unspecified atom stereocenters. The fourth-order valence-corrected chi connectivity index (χ4v) is 2.50. The highest BCUT2D eigenvalue weighted by molar-refractivity contribution is 6.02. The number of hydrogen-bond acceptors (Lipinski definition) is 5. The van der Waals surface area contributed by atoms with Crippen LogP contribution >= 0.6 is 0 Å². The first-order valence-corrected chi connectivity index (χ1v) is 7.94. The summed E-state index contributed by atoms with van der Waals surface area (Å²) in [5.74, 6) is 0.452. The van der Waals surface area contributed by atoms with Gasteiger partial charge in [-0.2, -0.15) is 0 Å². The van der Waals surface area contributed by atoms with Crippen LogP contribution in [0.25, 0.3) is 0 Å². The number of β-amino-alcohol motifs (C(OH)–C–C–N with tert-alkyl or cyclic N) is 1. The summed E-state index contributed by atoms with van der Waals surface area (Å²) in [4.78, 5) is 11.6. The van der Waals surface area contributed by atoms with E-state index in [9.17, 15) is 9.90 Å². The lowest BCUT2D eigenvalue weighted by molar-refractivity contribution is -0.116. The number of nitrogens with one attached hydrogen (secondary N) is 2. The van der Waals surface area contributed by atoms with Crippen molar-refractivity contribution in [3.63, 3.8) is 0 Å². The normalized spacial score (nSPS) is 18.5. The second-order valence-electron chi connectivity index (χ2n) is 6.66. The van der Waals surface area contributed by atoms with Gasteiger partial charge >= 0.3 is 0 Å². The first kappa shape index (κ1) is 17.7. The zero-order chi connectivity index (χ0) is 17.0. The van der Waals surface area contributed by atoms with Crippen LogP contribution in [0.1, 0.15) is 38.7 Å². The van der Waals surface area contributed by atoms with E-state index in [1.54, 1.807) is 6.07 Å². The third kappa shape index (κ3) is 4.67. The van der Waals surface area contributed by atoms with E-state index in [1.165, 1.54) is 0 Å². The van der Waals surface area contributed by atoms with Gasteiger partial charge in [0.1, 0.15) is 18.5 Å². The van der Waals surface area contributed by atoms with Gasteiger partial charge in [-0.25, -0.2) is 0 Å². The van der Waals surface area contributed by atoms with Crippen molar-refractivity contribution in [2.24, 2.45) is 0 Å². The molecule has 0 saturated heterocycles. The molecule has 1 aliphatic rings. The Kier molecular flexibility index (Phi) is 5.62. The average molecular weight is 322 g/mol. The maximum Gasteiger partial charge on any atom is 0.231 e. The van der Waals surface area contributed by atoms with Gasteiger partial charge in [0.2, 0.25) is 5.91 Å². The zero-order valence-electron chi connectivity index (χ0n) is 13.9. The summed E-state index contributed by atoms with van der Waals surface area (Å²) in [6.45, 7) is 6.45. The molecule has 0 fully saturated rings. The van der Waals surface area contributed by atoms with Crippen LogP contribution in [-0.4, -0.2) is 47.5 Å². The SMILES string of the molecule is CC1C(=O)Nc2ccc(OCC(O)CNC(C)(C)CCO)cc21. The summed E-state index contributed by atoms with van der Waals surface area (Å²) in [6.07, 6.45) is -0.0389. The van der Waals surface area contributed by atoms with Gasteiger partial charge in [0.05, 0.1) is 5.92 Å². The third-order valence-electron chi connectivity index (χ3n) is 4.14. The molecule has 1 aromatic rings. The molecule has 4 N–H and O–H groups in total. The summed E-state index contributed by atoms with van der Waals surface area (Å²) < 4.78 is 5.62. The van der Waals surface area contributed by atoms with Crippen molar-refractivity contribution < 1.29 is 19.7 Å². The minimum atomic E-state index is -0.654. The molecule has 1 heterocycles. The highest BCUT2D eigenvalue weighted by Crippen LogP contribution is 2.34. The van der Waals surface area contributed by atoms with E-state index in [-0.39, 0.29) is 30.6 Å². The highest BCUT2D eigenvalue weighted by atomic mass is 16.5. The van der Waals surface area contributed by atoms with Gasteiger partial charge in [-0.1, -0.05) is 0 Å². The van der Waals surface area contributed by atoms with Gasteiger partial charge in [-0.3, -0.25) is 4.79 Å². The van der Waals surface area contributed by atoms with Crippen LogP contribution in [0.4, 0.5) is 5.69 Å². The van der Waals surface area contributed by atoms with Crippen LogP contribution in [0.2, 0.25) is 0 Å². The molecule has 0 saturated carbocycles. The number of carbonyl (C=O) groups excluding carboxylic acids is 1. The minimum Gasteiger partial charge on any atom is -0.491 e. The van der Waals surface area contributed by atoms with Crippen molar-refractivity contribution in [2.45, 2.75) is 44.8 Å². The summed E-state index contributed by atoms with van der Waals surface area (Å²) >= 11 is 0. The number of ether oxygens (including phenoxy) is 1. The van der Waals surface area contributed by atoms with E-state index < -0.39 is 6.10 Å². The van der Waals surface area contributed by atoms with E-state index >= 15 is 0 Å². The van der Waals surface area contributed by atoms with Crippen molar-refractivity contribution >= 4 is 11.6 Å². The molecule has 23 heavy (non-hydrogen) atoms. The lowest BCUT2D eigenvalue weighted by Crippen LogP contribution is -2.45. The highest BCUT2D eigenvalue weighted by Gasteiger charge is 2.26. The molecule has 6 nitrogen and oxygen atoms in total. The summed E-state index contributed by atoms with van der Waals surface area (Å²) in [5, 5.41) is 25.0. The van der Waals surface area contributed by atoms with Crippen LogP contribution in [-0.2, 0) is 4.79 Å². The summed E-state index contributed by atoms with van der Waals surface area (Å²) in [6, 6.07) is 5.45. The molecule has 1 aliphatic heterocycles. The van der Waals surface area contributed by atoms with E-state index in [4.69, 9.17) is 9.84 Å². The van der Waals surface area contributed by atoms with E-state index in [1.807, 2.05) is 32.9 Å². The molecule has 0 aliphatic carbocycles. The maximum absolute atomic E-state index is 11.6. The number of benzene rings is 1. The number of anilines is 1. The smallest absolute Gasteiger partial charge is 0.231 e. The maximum atomic E-state index is 11.6. The Morgan fingerprint density at radius 3 is 2.87 bits per heavy atom. The van der Waals surface area contributed by atoms with Crippen molar-refractivity contribution in [3.8, 4) is 5.75 Å². The fraction of sp³-hybridized carbons (Fsp3) is 0.588. The fourth-order valence-electron chi connectivity index (χ4n) is 2.50. The van der Waals surface area contributed by atoms with Crippen LogP contribution in [0.15, 0.2) is 18.2 Å². The summed E-state index contributed by atoms with van der Waals surface area (Å²) in [5.41, 5.74) is 1.51. The molecule has 0 bridgehead atoms. The first-order chi connectivity index (χ1) is 10.8. The van der Waals surface area contributed by atoms with Crippen molar-refractivity contribution in [3.05, 3.63) is 23.8 Å². The first-order valence-electron chi connectivity index (χ1n) is 7.94. The minimum absolute atomic E-state index is 0.00694. The van der Waals surface area contributed by atoms with E-state index in [0.717, 1.165) is 11.3 Å². The predicted molar refractivity (Wildman–Crippen MR) is 88.8 cm³/mol. The number of amides is 1. The summed E-state index contributed by atoms with van der Waals surface area (Å²) in [7, 11) is 0. The third-order valence-corrected chi connectivity index (χ3v) is 4.14. The molecule has 2 rings (SSSR count). The number of hydrogen-bond donors (Lipinski definition) is 4. The van der Waals surface area contributed by atoms with Crippen LogP contribution < -0.4 is 15.4 Å². The van der Waals surface area contributed by atoms with Gasteiger partial charge in [0.25, 0.3) is 0 Å². The second kappa shape index (κ2) is 7.29. The zero-order valence-corrected chi connectivity index (χ0v) is 13.9. The molecule has 128 valence electrons. The molecule has 0 spiro atoms. The molecule has 0 radical (unpaired) electrons. The lowest BCUT2D eigenvalue weighted by atomic mass is 10.0. The standard InChI is InChI=1S/C17H26N2O4/c1-11-14-8-13(4-5-15(14)19-16(11)22)23-10-12(21)9-18-17(2,3)6-7-20/h4-5,8,11-12,18,20-21H,6-7,9-10H2,1-3H3,(H,19,22). The number of aliphatic hydroxyl groups excluding tert-OH is 2. The van der Waals surface area contributed by atoms with E-state index in [2.05, 4.69) is 10.6 Å². The Labute approximate surface area is 136 Å². The number of fused-ring (bicyclic) bond motifs is 1. The monoisotopic (exact) mass is 322 g/mol. The number of rotatable bonds is 8. The largest absolute Gasteiger partial charge is 0.491 e. The van der Waals surface area contributed by atoms with Crippen LogP contribution in [0, 0.1) is 0 Å². The van der Waals surface area contributed by atoms with Crippen LogP contribution in [0.3, 0.4) is 0 Å². The van der Waals surface area contributed by atoms with Gasteiger partial charge in [-0.15, -0.1) is 0 Å². The molecular formula is C17H26N2O4. The Morgan fingerprint density at radius 1 is 1.43 bits per heavy atom. The lowest BCUT2D eigenvalue weighted by Gasteiger charge is -2.27. The van der Waals surface area contributed by atoms with E-state index in [0.29, 0.717) is 18.7 Å². The predicted octanol–water partition coefficient (Wildman–Crippen LogP) is 1.23. The number of aliphatic hydroxyl groups is 2. The topological polar surface area (TPSA) is 90.8 Å². The molecular weight excluding hydrogens is 296 g/mol. The quantitative estimate of drug-likeness (QED) is 0.578. The van der Waals surface area contributed by atoms with Crippen LogP contribution in [0.5, 0.6) is 5.75 Å². The molecule has 6 heteroatoms. The Balaban J connectivity index is 1.84. The molecule has 1 aromatic carbocycles. The van der Waals surface area contributed by atoms with Crippen molar-refractivity contribution in [2.75, 3.05) is 25.1 Å².